The molecule has 2 unspecified atom stereocenters. The normalized spacial score (nSPS) is 30.2. The predicted molar refractivity (Wildman–Crippen MR) is 53.6 cm³/mol. The fourth-order valence-corrected chi connectivity index (χ4v) is 1.83. The maximum absolute atomic E-state index is 11.1. The third-order valence-corrected chi connectivity index (χ3v) is 3.21. The summed E-state index contributed by atoms with van der Waals surface area (Å²) in [5, 5.41) is 0. The van der Waals surface area contributed by atoms with Gasteiger partial charge in [0, 0.05) is 32.6 Å². The van der Waals surface area contributed by atoms with Crippen LogP contribution in [0.15, 0.2) is 0 Å². The lowest BCUT2D eigenvalue weighted by Crippen LogP contribution is -2.49. The van der Waals surface area contributed by atoms with Gasteiger partial charge in [-0.2, -0.15) is 0 Å². The van der Waals surface area contributed by atoms with Crippen LogP contribution in [0.3, 0.4) is 0 Å². The Morgan fingerprint density at radius 2 is 2.08 bits per heavy atom. The molecular formula is C10H20N2O. The molecule has 1 aliphatic rings. The van der Waals surface area contributed by atoms with Crippen molar-refractivity contribution in [3.05, 3.63) is 0 Å². The zero-order valence-corrected chi connectivity index (χ0v) is 9.08. The number of likely N-dealkylation sites (tertiary alicyclic amines) is 1. The van der Waals surface area contributed by atoms with Crippen LogP contribution in [0.5, 0.6) is 0 Å². The highest BCUT2D eigenvalue weighted by Gasteiger charge is 2.26. The highest BCUT2D eigenvalue weighted by atomic mass is 16.2. The van der Waals surface area contributed by atoms with Crippen molar-refractivity contribution >= 4 is 5.91 Å². The van der Waals surface area contributed by atoms with E-state index in [4.69, 9.17) is 0 Å². The van der Waals surface area contributed by atoms with Crippen molar-refractivity contribution in [2.75, 3.05) is 20.6 Å². The number of carbonyl (C=O) groups is 1. The molecule has 3 heteroatoms. The minimum absolute atomic E-state index is 0.174. The van der Waals surface area contributed by atoms with E-state index >= 15 is 0 Å². The van der Waals surface area contributed by atoms with E-state index in [1.165, 1.54) is 6.42 Å². The molecule has 0 aromatic rings. The molecule has 0 N–H and O–H groups in total. The van der Waals surface area contributed by atoms with Crippen LogP contribution in [0.4, 0.5) is 0 Å². The maximum atomic E-state index is 11.1. The lowest BCUT2D eigenvalue weighted by atomic mass is 9.99. The zero-order chi connectivity index (χ0) is 10.0. The minimum Gasteiger partial charge on any atom is -0.342 e. The standard InChI is InChI=1S/C10H20N2O/c1-8-5-6-10(7-11(8)3)12(4)9(2)13/h8,10H,5-7H2,1-4H3. The first-order chi connectivity index (χ1) is 6.02. The van der Waals surface area contributed by atoms with Crippen molar-refractivity contribution in [3.8, 4) is 0 Å². The molecule has 1 saturated heterocycles. The molecular weight excluding hydrogens is 164 g/mol. The average molecular weight is 184 g/mol. The molecule has 0 aromatic carbocycles. The van der Waals surface area contributed by atoms with E-state index < -0.39 is 0 Å². The van der Waals surface area contributed by atoms with E-state index in [1.54, 1.807) is 6.92 Å². The van der Waals surface area contributed by atoms with Crippen LogP contribution in [-0.2, 0) is 4.79 Å². The summed E-state index contributed by atoms with van der Waals surface area (Å²) in [5.41, 5.74) is 0. The van der Waals surface area contributed by atoms with Gasteiger partial charge in [-0.05, 0) is 26.8 Å². The smallest absolute Gasteiger partial charge is 0.219 e. The average Bonchev–Trinajstić information content (AvgIpc) is 2.08. The largest absolute Gasteiger partial charge is 0.342 e. The minimum atomic E-state index is 0.174. The zero-order valence-electron chi connectivity index (χ0n) is 9.08. The van der Waals surface area contributed by atoms with Gasteiger partial charge in [0.1, 0.15) is 0 Å². The van der Waals surface area contributed by atoms with Gasteiger partial charge in [-0.3, -0.25) is 4.79 Å². The SMILES string of the molecule is CC(=O)N(C)C1CCC(C)N(C)C1. The van der Waals surface area contributed by atoms with Gasteiger partial charge in [-0.1, -0.05) is 0 Å². The van der Waals surface area contributed by atoms with Crippen LogP contribution in [0.2, 0.25) is 0 Å². The topological polar surface area (TPSA) is 23.6 Å². The number of piperidine rings is 1. The molecule has 0 aromatic heterocycles. The predicted octanol–water partition coefficient (Wildman–Crippen LogP) is 0.947. The van der Waals surface area contributed by atoms with Gasteiger partial charge in [-0.15, -0.1) is 0 Å². The monoisotopic (exact) mass is 184 g/mol. The van der Waals surface area contributed by atoms with Crippen molar-refractivity contribution in [1.29, 1.82) is 0 Å². The molecule has 13 heavy (non-hydrogen) atoms. The number of hydrogen-bond donors (Lipinski definition) is 0. The van der Waals surface area contributed by atoms with Gasteiger partial charge in [0.05, 0.1) is 0 Å². The number of hydrogen-bond acceptors (Lipinski definition) is 2. The summed E-state index contributed by atoms with van der Waals surface area (Å²) in [4.78, 5) is 15.3. The lowest BCUT2D eigenvalue weighted by Gasteiger charge is -2.39. The molecule has 76 valence electrons. The van der Waals surface area contributed by atoms with Crippen LogP contribution in [0.25, 0.3) is 0 Å². The Kier molecular flexibility index (Phi) is 3.31. The molecule has 1 heterocycles. The summed E-state index contributed by atoms with van der Waals surface area (Å²) >= 11 is 0. The second-order valence-electron chi connectivity index (χ2n) is 4.15. The van der Waals surface area contributed by atoms with Crippen LogP contribution in [-0.4, -0.2) is 48.4 Å². The Hall–Kier alpha value is -0.570. The third-order valence-electron chi connectivity index (χ3n) is 3.21. The molecule has 0 aliphatic carbocycles. The van der Waals surface area contributed by atoms with Crippen LogP contribution in [0, 0.1) is 0 Å². The number of rotatable bonds is 1. The Morgan fingerprint density at radius 3 is 2.54 bits per heavy atom. The van der Waals surface area contributed by atoms with Crippen molar-refractivity contribution in [1.82, 2.24) is 9.80 Å². The highest BCUT2D eigenvalue weighted by Crippen LogP contribution is 2.18. The molecule has 1 rings (SSSR count). The van der Waals surface area contributed by atoms with E-state index in [9.17, 15) is 4.79 Å². The van der Waals surface area contributed by atoms with Gasteiger partial charge < -0.3 is 9.80 Å². The molecule has 0 spiro atoms. The van der Waals surface area contributed by atoms with Crippen molar-refractivity contribution < 1.29 is 4.79 Å². The van der Waals surface area contributed by atoms with Crippen molar-refractivity contribution in [2.45, 2.75) is 38.8 Å². The summed E-state index contributed by atoms with van der Waals surface area (Å²) in [6.07, 6.45) is 2.33. The van der Waals surface area contributed by atoms with Gasteiger partial charge in [0.25, 0.3) is 0 Å². The summed E-state index contributed by atoms with van der Waals surface area (Å²) in [6.45, 7) is 4.89. The third kappa shape index (κ3) is 2.44. The van der Waals surface area contributed by atoms with Gasteiger partial charge >= 0.3 is 0 Å². The van der Waals surface area contributed by atoms with Gasteiger partial charge in [0.15, 0.2) is 0 Å². The molecule has 0 saturated carbocycles. The molecule has 0 radical (unpaired) electrons. The van der Waals surface area contributed by atoms with E-state index in [0.717, 1.165) is 13.0 Å². The molecule has 1 aliphatic heterocycles. The first-order valence-corrected chi connectivity index (χ1v) is 4.96. The Labute approximate surface area is 80.7 Å². The van der Waals surface area contributed by atoms with Crippen LogP contribution in [0.1, 0.15) is 26.7 Å². The molecule has 1 fully saturated rings. The highest BCUT2D eigenvalue weighted by molar-refractivity contribution is 5.73. The number of likely N-dealkylation sites (N-methyl/N-ethyl adjacent to an activating group) is 2. The molecule has 3 nitrogen and oxygen atoms in total. The fraction of sp³-hybridized carbons (Fsp3) is 0.900. The van der Waals surface area contributed by atoms with Crippen LogP contribution >= 0.6 is 0 Å². The Balaban J connectivity index is 2.50. The lowest BCUT2D eigenvalue weighted by molar-refractivity contribution is -0.130. The summed E-state index contributed by atoms with van der Waals surface area (Å²) in [6, 6.07) is 1.08. The van der Waals surface area contributed by atoms with Crippen molar-refractivity contribution in [2.24, 2.45) is 0 Å². The second kappa shape index (κ2) is 4.09. The number of amides is 1. The number of nitrogens with zero attached hydrogens (tertiary/aromatic N) is 2. The molecule has 1 amide bonds. The van der Waals surface area contributed by atoms with Crippen molar-refractivity contribution in [3.63, 3.8) is 0 Å². The maximum Gasteiger partial charge on any atom is 0.219 e. The number of carbonyl (C=O) groups excluding carboxylic acids is 1. The quantitative estimate of drug-likeness (QED) is 0.605. The summed E-state index contributed by atoms with van der Waals surface area (Å²) < 4.78 is 0. The summed E-state index contributed by atoms with van der Waals surface area (Å²) in [7, 11) is 4.03. The second-order valence-corrected chi connectivity index (χ2v) is 4.15. The van der Waals surface area contributed by atoms with E-state index in [0.29, 0.717) is 12.1 Å². The van der Waals surface area contributed by atoms with Gasteiger partial charge in [0.2, 0.25) is 5.91 Å². The first-order valence-electron chi connectivity index (χ1n) is 4.96. The van der Waals surface area contributed by atoms with E-state index in [-0.39, 0.29) is 5.91 Å². The van der Waals surface area contributed by atoms with E-state index in [1.807, 2.05) is 11.9 Å². The van der Waals surface area contributed by atoms with Gasteiger partial charge in [-0.25, -0.2) is 0 Å². The fourth-order valence-electron chi connectivity index (χ4n) is 1.83. The van der Waals surface area contributed by atoms with E-state index in [2.05, 4.69) is 18.9 Å². The first kappa shape index (κ1) is 10.5. The summed E-state index contributed by atoms with van der Waals surface area (Å²) in [5.74, 6) is 0.174. The molecule has 2 atom stereocenters. The van der Waals surface area contributed by atoms with Crippen LogP contribution < -0.4 is 0 Å². The Bertz CT molecular complexity index is 193. The molecule has 0 bridgehead atoms. The Morgan fingerprint density at radius 1 is 1.46 bits per heavy atom.